The topological polar surface area (TPSA) is 76.1 Å². The molecule has 0 bridgehead atoms. The third-order valence-corrected chi connectivity index (χ3v) is 6.74. The highest BCUT2D eigenvalue weighted by Gasteiger charge is 2.17. The van der Waals surface area contributed by atoms with Gasteiger partial charge in [-0.15, -0.1) is 11.3 Å². The summed E-state index contributed by atoms with van der Waals surface area (Å²) in [4.78, 5) is 16.6. The van der Waals surface area contributed by atoms with Gasteiger partial charge in [0.2, 0.25) is 5.91 Å². The molecule has 0 fully saturated rings. The van der Waals surface area contributed by atoms with Crippen molar-refractivity contribution < 1.29 is 13.2 Å². The SMILES string of the molecule is O=C(CCS(=O)(=O)c1ccc(Cl)cc1)Nc1nc(-c2ccccc2Cl)cs1. The molecule has 9 heteroatoms. The number of anilines is 1. The van der Waals surface area contributed by atoms with Crippen LogP contribution < -0.4 is 5.32 Å². The fraction of sp³-hybridized carbons (Fsp3) is 0.111. The summed E-state index contributed by atoms with van der Waals surface area (Å²) in [6.45, 7) is 0. The molecule has 0 radical (unpaired) electrons. The van der Waals surface area contributed by atoms with Crippen molar-refractivity contribution in [1.82, 2.24) is 4.98 Å². The van der Waals surface area contributed by atoms with Crippen molar-refractivity contribution in [3.8, 4) is 11.3 Å². The number of carbonyl (C=O) groups excluding carboxylic acids is 1. The maximum atomic E-state index is 12.3. The molecule has 2 aromatic carbocycles. The van der Waals surface area contributed by atoms with Crippen molar-refractivity contribution >= 4 is 55.4 Å². The largest absolute Gasteiger partial charge is 0.302 e. The maximum Gasteiger partial charge on any atom is 0.227 e. The smallest absolute Gasteiger partial charge is 0.227 e. The first kappa shape index (κ1) is 19.8. The highest BCUT2D eigenvalue weighted by molar-refractivity contribution is 7.91. The Hall–Kier alpha value is -1.93. The number of rotatable bonds is 6. The molecule has 0 saturated heterocycles. The van der Waals surface area contributed by atoms with E-state index in [0.717, 1.165) is 5.56 Å². The van der Waals surface area contributed by atoms with Crippen LogP contribution >= 0.6 is 34.5 Å². The average Bonchev–Trinajstić information content (AvgIpc) is 3.09. The number of sulfone groups is 1. The van der Waals surface area contributed by atoms with Gasteiger partial charge in [0.15, 0.2) is 15.0 Å². The monoisotopic (exact) mass is 440 g/mol. The predicted octanol–water partition coefficient (Wildman–Crippen LogP) is 4.92. The molecule has 0 aliphatic carbocycles. The van der Waals surface area contributed by atoms with Crippen LogP contribution in [0.3, 0.4) is 0 Å². The molecule has 3 rings (SSSR count). The number of carbonyl (C=O) groups is 1. The van der Waals surface area contributed by atoms with E-state index in [4.69, 9.17) is 23.2 Å². The molecule has 0 aliphatic heterocycles. The third-order valence-electron chi connectivity index (χ3n) is 3.67. The van der Waals surface area contributed by atoms with Gasteiger partial charge in [0, 0.05) is 27.4 Å². The van der Waals surface area contributed by atoms with Gasteiger partial charge >= 0.3 is 0 Å². The lowest BCUT2D eigenvalue weighted by Crippen LogP contribution is -2.17. The standard InChI is InChI=1S/C18H14Cl2N2O3S2/c19-12-5-7-13(8-6-12)27(24,25)10-9-17(23)22-18-21-16(11-26-18)14-3-1-2-4-15(14)20/h1-8,11H,9-10H2,(H,21,22,23). The van der Waals surface area contributed by atoms with Crippen molar-refractivity contribution in [2.45, 2.75) is 11.3 Å². The predicted molar refractivity (Wildman–Crippen MR) is 109 cm³/mol. The fourth-order valence-electron chi connectivity index (χ4n) is 2.29. The van der Waals surface area contributed by atoms with E-state index in [2.05, 4.69) is 10.3 Å². The van der Waals surface area contributed by atoms with Gasteiger partial charge in [-0.25, -0.2) is 13.4 Å². The van der Waals surface area contributed by atoms with Gasteiger partial charge in [-0.3, -0.25) is 4.79 Å². The fourth-order valence-corrected chi connectivity index (χ4v) is 4.62. The highest BCUT2D eigenvalue weighted by Crippen LogP contribution is 2.30. The Kier molecular flexibility index (Phi) is 6.16. The van der Waals surface area contributed by atoms with Gasteiger partial charge in [-0.05, 0) is 30.3 Å². The van der Waals surface area contributed by atoms with Crippen LogP contribution in [0.25, 0.3) is 11.3 Å². The normalized spacial score (nSPS) is 11.3. The van der Waals surface area contributed by atoms with Crippen LogP contribution in [-0.2, 0) is 14.6 Å². The van der Waals surface area contributed by atoms with E-state index in [-0.39, 0.29) is 17.1 Å². The number of nitrogens with one attached hydrogen (secondary N) is 1. The molecule has 3 aromatic rings. The van der Waals surface area contributed by atoms with Crippen LogP contribution in [0, 0.1) is 0 Å². The minimum absolute atomic E-state index is 0.134. The summed E-state index contributed by atoms with van der Waals surface area (Å²) in [5.41, 5.74) is 1.41. The molecule has 1 aromatic heterocycles. The second kappa shape index (κ2) is 8.39. The Morgan fingerprint density at radius 2 is 1.78 bits per heavy atom. The summed E-state index contributed by atoms with van der Waals surface area (Å²) in [5, 5.41) is 5.80. The molecule has 0 aliphatic rings. The van der Waals surface area contributed by atoms with E-state index >= 15 is 0 Å². The van der Waals surface area contributed by atoms with Gasteiger partial charge in [-0.1, -0.05) is 41.4 Å². The highest BCUT2D eigenvalue weighted by atomic mass is 35.5. The first-order valence-electron chi connectivity index (χ1n) is 7.84. The van der Waals surface area contributed by atoms with E-state index in [1.165, 1.54) is 35.6 Å². The Balaban J connectivity index is 1.62. The lowest BCUT2D eigenvalue weighted by atomic mass is 10.2. The number of halogens is 2. The second-order valence-corrected chi connectivity index (χ2v) is 9.40. The Labute approximate surface area is 170 Å². The number of thiazole rings is 1. The summed E-state index contributed by atoms with van der Waals surface area (Å²) in [6, 6.07) is 13.1. The average molecular weight is 441 g/mol. The number of benzene rings is 2. The molecule has 5 nitrogen and oxygen atoms in total. The van der Waals surface area contributed by atoms with E-state index < -0.39 is 15.7 Å². The minimum atomic E-state index is -3.56. The zero-order valence-electron chi connectivity index (χ0n) is 13.9. The van der Waals surface area contributed by atoms with Crippen molar-refractivity contribution in [2.24, 2.45) is 0 Å². The molecular formula is C18H14Cl2N2O3S2. The maximum absolute atomic E-state index is 12.3. The van der Waals surface area contributed by atoms with E-state index in [1.54, 1.807) is 11.4 Å². The molecule has 1 amide bonds. The molecule has 1 N–H and O–H groups in total. The number of amides is 1. The molecule has 0 spiro atoms. The quantitative estimate of drug-likeness (QED) is 0.589. The zero-order valence-corrected chi connectivity index (χ0v) is 17.0. The second-order valence-electron chi connectivity index (χ2n) is 5.59. The summed E-state index contributed by atoms with van der Waals surface area (Å²) >= 11 is 13.2. The van der Waals surface area contributed by atoms with Gasteiger partial charge in [0.05, 0.1) is 16.3 Å². The lowest BCUT2D eigenvalue weighted by molar-refractivity contribution is -0.115. The molecule has 0 saturated carbocycles. The minimum Gasteiger partial charge on any atom is -0.302 e. The van der Waals surface area contributed by atoms with Crippen LogP contribution in [-0.4, -0.2) is 25.1 Å². The van der Waals surface area contributed by atoms with Crippen LogP contribution in [0.15, 0.2) is 58.8 Å². The van der Waals surface area contributed by atoms with E-state index in [1.807, 2.05) is 18.2 Å². The van der Waals surface area contributed by atoms with Crippen LogP contribution in [0.5, 0.6) is 0 Å². The van der Waals surface area contributed by atoms with Crippen molar-refractivity contribution in [2.75, 3.05) is 11.1 Å². The van der Waals surface area contributed by atoms with E-state index in [0.29, 0.717) is 20.9 Å². The first-order chi connectivity index (χ1) is 12.8. The summed E-state index contributed by atoms with van der Waals surface area (Å²) < 4.78 is 24.6. The Bertz CT molecular complexity index is 1060. The van der Waals surface area contributed by atoms with E-state index in [9.17, 15) is 13.2 Å². The molecule has 140 valence electrons. The molecular weight excluding hydrogens is 427 g/mol. The number of hydrogen-bond acceptors (Lipinski definition) is 5. The van der Waals surface area contributed by atoms with Gasteiger partial charge in [-0.2, -0.15) is 0 Å². The summed E-state index contributed by atoms with van der Waals surface area (Å²) in [6.07, 6.45) is -0.175. The Morgan fingerprint density at radius 1 is 1.07 bits per heavy atom. The number of nitrogens with zero attached hydrogens (tertiary/aromatic N) is 1. The Morgan fingerprint density at radius 3 is 2.48 bits per heavy atom. The van der Waals surface area contributed by atoms with Crippen molar-refractivity contribution in [3.05, 3.63) is 64.0 Å². The van der Waals surface area contributed by atoms with Crippen LogP contribution in [0.4, 0.5) is 5.13 Å². The van der Waals surface area contributed by atoms with Crippen LogP contribution in [0.2, 0.25) is 10.0 Å². The summed E-state index contributed by atoms with van der Waals surface area (Å²) in [5.74, 6) is -0.726. The van der Waals surface area contributed by atoms with Crippen molar-refractivity contribution in [1.29, 1.82) is 0 Å². The van der Waals surface area contributed by atoms with Crippen LogP contribution in [0.1, 0.15) is 6.42 Å². The number of aromatic nitrogens is 1. The first-order valence-corrected chi connectivity index (χ1v) is 11.1. The number of hydrogen-bond donors (Lipinski definition) is 1. The van der Waals surface area contributed by atoms with Gasteiger partial charge in [0.1, 0.15) is 0 Å². The van der Waals surface area contributed by atoms with Gasteiger partial charge < -0.3 is 5.32 Å². The molecule has 27 heavy (non-hydrogen) atoms. The lowest BCUT2D eigenvalue weighted by Gasteiger charge is -2.05. The molecule has 0 atom stereocenters. The molecule has 0 unspecified atom stereocenters. The van der Waals surface area contributed by atoms with Gasteiger partial charge in [0.25, 0.3) is 0 Å². The zero-order chi connectivity index (χ0) is 19.4. The molecule has 1 heterocycles. The third kappa shape index (κ3) is 5.07. The van der Waals surface area contributed by atoms with Crippen molar-refractivity contribution in [3.63, 3.8) is 0 Å². The summed E-state index contributed by atoms with van der Waals surface area (Å²) in [7, 11) is -3.56.